The molecule has 4 rings (SSSR count). The van der Waals surface area contributed by atoms with E-state index in [9.17, 15) is 10.1 Å². The molecule has 1 aromatic heterocycles. The van der Waals surface area contributed by atoms with Crippen molar-refractivity contribution in [3.05, 3.63) is 34.4 Å². The number of benzene rings is 2. The molecule has 0 aliphatic carbocycles. The molecule has 0 saturated carbocycles. The van der Waals surface area contributed by atoms with E-state index in [4.69, 9.17) is 18.8 Å². The number of morpholine rings is 1. The molecule has 29 heavy (non-hydrogen) atoms. The number of nitrogens with one attached hydrogen (secondary N) is 1. The Bertz CT molecular complexity index is 1050. The number of hydrogen-bond acceptors (Lipinski definition) is 10. The Morgan fingerprint density at radius 3 is 2.55 bits per heavy atom. The number of ether oxygens (including phenoxy) is 3. The summed E-state index contributed by atoms with van der Waals surface area (Å²) < 4.78 is 20.9. The summed E-state index contributed by atoms with van der Waals surface area (Å²) in [6.07, 6.45) is 0. The quantitative estimate of drug-likeness (QED) is 0.487. The van der Waals surface area contributed by atoms with Gasteiger partial charge < -0.3 is 24.4 Å². The minimum Gasteiger partial charge on any atom is -0.497 e. The van der Waals surface area contributed by atoms with Gasteiger partial charge in [-0.3, -0.25) is 10.1 Å². The molecule has 11 heteroatoms. The number of fused-ring (bicyclic) bond motifs is 1. The van der Waals surface area contributed by atoms with Gasteiger partial charge in [-0.2, -0.15) is 0 Å². The van der Waals surface area contributed by atoms with Gasteiger partial charge in [-0.05, 0) is 28.5 Å². The highest BCUT2D eigenvalue weighted by atomic mass is 16.6. The molecule has 0 bridgehead atoms. The standard InChI is InChI=1S/C18H19N5O6/c1-26-11-3-4-15(27-2)12(9-11)19-13-10-14(22-5-7-28-8-6-22)18(23(24)25)17-16(13)20-29-21-17/h3-4,9-10,19H,5-8H2,1-2H3. The summed E-state index contributed by atoms with van der Waals surface area (Å²) in [5, 5.41) is 22.7. The fraction of sp³-hybridized carbons (Fsp3) is 0.333. The first kappa shape index (κ1) is 18.7. The maximum atomic E-state index is 11.8. The highest BCUT2D eigenvalue weighted by molar-refractivity contribution is 6.01. The summed E-state index contributed by atoms with van der Waals surface area (Å²) in [7, 11) is 3.11. The molecule has 11 nitrogen and oxygen atoms in total. The number of aromatic nitrogens is 2. The summed E-state index contributed by atoms with van der Waals surface area (Å²) in [5.41, 5.74) is 1.71. The average molecular weight is 401 g/mol. The van der Waals surface area contributed by atoms with Crippen LogP contribution in [0.25, 0.3) is 11.0 Å². The van der Waals surface area contributed by atoms with E-state index in [1.54, 1.807) is 38.5 Å². The van der Waals surface area contributed by atoms with Crippen molar-refractivity contribution >= 4 is 33.8 Å². The fourth-order valence-corrected chi connectivity index (χ4v) is 3.29. The van der Waals surface area contributed by atoms with Gasteiger partial charge in [-0.1, -0.05) is 0 Å². The van der Waals surface area contributed by atoms with Crippen LogP contribution in [0.5, 0.6) is 11.5 Å². The number of rotatable bonds is 6. The largest absolute Gasteiger partial charge is 0.497 e. The second kappa shape index (κ2) is 7.80. The van der Waals surface area contributed by atoms with Crippen molar-refractivity contribution in [3.8, 4) is 11.5 Å². The zero-order valence-corrected chi connectivity index (χ0v) is 15.9. The van der Waals surface area contributed by atoms with Gasteiger partial charge >= 0.3 is 5.69 Å². The molecule has 1 N–H and O–H groups in total. The zero-order valence-electron chi connectivity index (χ0n) is 15.9. The Labute approximate surface area is 165 Å². The lowest BCUT2D eigenvalue weighted by atomic mass is 10.1. The third kappa shape index (κ3) is 3.47. The van der Waals surface area contributed by atoms with Crippen LogP contribution in [-0.4, -0.2) is 55.8 Å². The molecule has 1 fully saturated rings. The maximum Gasteiger partial charge on any atom is 0.323 e. The second-order valence-electron chi connectivity index (χ2n) is 6.30. The van der Waals surface area contributed by atoms with Crippen molar-refractivity contribution < 1.29 is 23.8 Å². The van der Waals surface area contributed by atoms with Gasteiger partial charge in [0, 0.05) is 19.2 Å². The summed E-state index contributed by atoms with van der Waals surface area (Å²) >= 11 is 0. The van der Waals surface area contributed by atoms with Crippen LogP contribution in [0.1, 0.15) is 0 Å². The molecule has 2 heterocycles. The fourth-order valence-electron chi connectivity index (χ4n) is 3.29. The van der Waals surface area contributed by atoms with E-state index >= 15 is 0 Å². The van der Waals surface area contributed by atoms with Gasteiger partial charge in [-0.15, -0.1) is 0 Å². The number of nitrogens with zero attached hydrogens (tertiary/aromatic N) is 4. The van der Waals surface area contributed by atoms with Crippen LogP contribution in [0.4, 0.5) is 22.7 Å². The van der Waals surface area contributed by atoms with Gasteiger partial charge in [0.25, 0.3) is 0 Å². The SMILES string of the molecule is COc1ccc(OC)c(Nc2cc(N3CCOCC3)c([N+](=O)[O-])c3nonc23)c1. The molecule has 1 aliphatic heterocycles. The summed E-state index contributed by atoms with van der Waals surface area (Å²) in [6, 6.07) is 6.96. The van der Waals surface area contributed by atoms with E-state index in [0.29, 0.717) is 54.9 Å². The molecule has 152 valence electrons. The molecule has 0 radical (unpaired) electrons. The van der Waals surface area contributed by atoms with Crippen LogP contribution in [0.2, 0.25) is 0 Å². The third-order valence-corrected chi connectivity index (χ3v) is 4.70. The van der Waals surface area contributed by atoms with E-state index in [2.05, 4.69) is 15.6 Å². The van der Waals surface area contributed by atoms with Crippen LogP contribution in [0.15, 0.2) is 28.9 Å². The van der Waals surface area contributed by atoms with E-state index in [-0.39, 0.29) is 16.7 Å². The zero-order chi connectivity index (χ0) is 20.4. The number of hydrogen-bond donors (Lipinski definition) is 1. The maximum absolute atomic E-state index is 11.8. The van der Waals surface area contributed by atoms with Crippen LogP contribution in [-0.2, 0) is 4.74 Å². The topological polar surface area (TPSA) is 125 Å². The van der Waals surface area contributed by atoms with E-state index in [0.717, 1.165) is 0 Å². The Morgan fingerprint density at radius 2 is 1.86 bits per heavy atom. The first-order valence-corrected chi connectivity index (χ1v) is 8.87. The van der Waals surface area contributed by atoms with Crippen LogP contribution < -0.4 is 19.7 Å². The van der Waals surface area contributed by atoms with Gasteiger partial charge in [0.05, 0.1) is 43.7 Å². The molecule has 2 aromatic carbocycles. The molecule has 0 atom stereocenters. The lowest BCUT2D eigenvalue weighted by Crippen LogP contribution is -2.36. The Hall–Kier alpha value is -3.60. The number of nitro benzene ring substituents is 1. The van der Waals surface area contributed by atoms with Gasteiger partial charge in [-0.25, -0.2) is 4.63 Å². The van der Waals surface area contributed by atoms with Crippen molar-refractivity contribution in [3.63, 3.8) is 0 Å². The second-order valence-corrected chi connectivity index (χ2v) is 6.30. The summed E-state index contributed by atoms with van der Waals surface area (Å²) in [6.45, 7) is 2.02. The molecule has 1 saturated heterocycles. The van der Waals surface area contributed by atoms with Gasteiger partial charge in [0.1, 0.15) is 17.2 Å². The lowest BCUT2D eigenvalue weighted by Gasteiger charge is -2.28. The van der Waals surface area contributed by atoms with E-state index < -0.39 is 4.92 Å². The van der Waals surface area contributed by atoms with Crippen LogP contribution in [0.3, 0.4) is 0 Å². The Morgan fingerprint density at radius 1 is 1.10 bits per heavy atom. The summed E-state index contributed by atoms with van der Waals surface area (Å²) in [5.74, 6) is 1.19. The Kier molecular flexibility index (Phi) is 5.04. The number of methoxy groups -OCH3 is 2. The van der Waals surface area contributed by atoms with Crippen LogP contribution >= 0.6 is 0 Å². The molecule has 0 unspecified atom stereocenters. The van der Waals surface area contributed by atoms with Crippen molar-refractivity contribution in [1.29, 1.82) is 0 Å². The first-order chi connectivity index (χ1) is 14.1. The molecule has 0 amide bonds. The molecular formula is C18H19N5O6. The molecule has 3 aromatic rings. The van der Waals surface area contributed by atoms with Gasteiger partial charge in [0.2, 0.25) is 5.52 Å². The molecule has 1 aliphatic rings. The molecular weight excluding hydrogens is 382 g/mol. The Balaban J connectivity index is 1.86. The predicted molar refractivity (Wildman–Crippen MR) is 104 cm³/mol. The minimum atomic E-state index is -0.465. The molecule has 0 spiro atoms. The van der Waals surface area contributed by atoms with Crippen molar-refractivity contribution in [1.82, 2.24) is 10.3 Å². The van der Waals surface area contributed by atoms with Crippen molar-refractivity contribution in [2.45, 2.75) is 0 Å². The third-order valence-electron chi connectivity index (χ3n) is 4.70. The van der Waals surface area contributed by atoms with Crippen molar-refractivity contribution in [2.75, 3.05) is 50.7 Å². The number of anilines is 3. The first-order valence-electron chi connectivity index (χ1n) is 8.87. The summed E-state index contributed by atoms with van der Waals surface area (Å²) in [4.78, 5) is 13.2. The van der Waals surface area contributed by atoms with Crippen LogP contribution in [0, 0.1) is 10.1 Å². The van der Waals surface area contributed by atoms with E-state index in [1.165, 1.54) is 0 Å². The predicted octanol–water partition coefficient (Wildman–Crippen LogP) is 2.73. The average Bonchev–Trinajstić information content (AvgIpc) is 3.23. The minimum absolute atomic E-state index is 0.0726. The normalized spacial score (nSPS) is 14.1. The highest BCUT2D eigenvalue weighted by Crippen LogP contribution is 2.41. The number of nitro groups is 1. The smallest absolute Gasteiger partial charge is 0.323 e. The van der Waals surface area contributed by atoms with Gasteiger partial charge in [0.15, 0.2) is 5.52 Å². The van der Waals surface area contributed by atoms with Crippen molar-refractivity contribution in [2.24, 2.45) is 0 Å². The monoisotopic (exact) mass is 401 g/mol. The van der Waals surface area contributed by atoms with E-state index in [1.807, 2.05) is 4.90 Å². The highest BCUT2D eigenvalue weighted by Gasteiger charge is 2.30. The lowest BCUT2D eigenvalue weighted by molar-refractivity contribution is -0.382.